The summed E-state index contributed by atoms with van der Waals surface area (Å²) in [6.07, 6.45) is 41.2. The van der Waals surface area contributed by atoms with Crippen LogP contribution in [0.4, 0.5) is 0 Å². The first kappa shape index (κ1) is 56.0. The van der Waals surface area contributed by atoms with Crippen LogP contribution < -0.4 is 4.89 Å². The highest BCUT2D eigenvalue weighted by atomic mass is 31.2. The lowest BCUT2D eigenvalue weighted by atomic mass is 10.0. The summed E-state index contributed by atoms with van der Waals surface area (Å²) < 4.78 is 34.0. The molecular formula is C47H94NO8P. The number of likely N-dealkylation sites (N-methyl/N-ethyl adjacent to an activating group) is 1. The van der Waals surface area contributed by atoms with Crippen molar-refractivity contribution in [2.75, 3.05) is 47.5 Å². The monoisotopic (exact) mass is 832 g/mol. The Morgan fingerprint density at radius 2 is 0.789 bits per heavy atom. The Hall–Kier alpha value is -0.990. The number of carbonyl (C=O) groups is 2. The average Bonchev–Trinajstić information content (AvgIpc) is 3.16. The third-order valence-electron chi connectivity index (χ3n) is 10.9. The molecule has 0 aliphatic heterocycles. The normalized spacial score (nSPS) is 13.4. The minimum Gasteiger partial charge on any atom is -0.756 e. The molecule has 0 aromatic rings. The zero-order valence-corrected chi connectivity index (χ0v) is 39.2. The zero-order chi connectivity index (χ0) is 42.1. The minimum absolute atomic E-state index is 0.0255. The van der Waals surface area contributed by atoms with E-state index in [1.807, 2.05) is 21.1 Å². The molecule has 57 heavy (non-hydrogen) atoms. The Morgan fingerprint density at radius 3 is 1.12 bits per heavy atom. The third kappa shape index (κ3) is 44.4. The lowest BCUT2D eigenvalue weighted by Crippen LogP contribution is -2.37. The Balaban J connectivity index is 4.25. The molecule has 0 N–H and O–H groups in total. The predicted octanol–water partition coefficient (Wildman–Crippen LogP) is 13.3. The van der Waals surface area contributed by atoms with Crippen LogP contribution in [0, 0.1) is 0 Å². The van der Waals surface area contributed by atoms with Gasteiger partial charge >= 0.3 is 11.9 Å². The molecule has 0 spiro atoms. The van der Waals surface area contributed by atoms with Crippen molar-refractivity contribution in [1.29, 1.82) is 0 Å². The standard InChI is InChI=1S/C47H94NO8P/c1-6-8-10-12-14-16-18-20-22-24-26-28-30-32-34-36-38-40-47(50)56-45(44-55-57(51,52)54-42-41-48(3,4)5)43-53-46(49)39-37-35-33-31-29-27-25-23-21-19-17-15-13-11-9-7-2/h45H,6-44H2,1-5H3/t45-/m1/s1. The Bertz CT molecular complexity index is 943. The Morgan fingerprint density at radius 1 is 0.474 bits per heavy atom. The van der Waals surface area contributed by atoms with Gasteiger partial charge in [-0.1, -0.05) is 213 Å². The number of hydrogen-bond donors (Lipinski definition) is 0. The van der Waals surface area contributed by atoms with E-state index in [1.165, 1.54) is 173 Å². The molecule has 0 aliphatic carbocycles. The van der Waals surface area contributed by atoms with Crippen molar-refractivity contribution < 1.29 is 42.1 Å². The van der Waals surface area contributed by atoms with Crippen LogP contribution in [0.5, 0.6) is 0 Å². The molecule has 0 aromatic heterocycles. The van der Waals surface area contributed by atoms with Crippen LogP contribution in [0.25, 0.3) is 0 Å². The fourth-order valence-electron chi connectivity index (χ4n) is 7.07. The molecule has 0 aromatic carbocycles. The second kappa shape index (κ2) is 40.4. The summed E-state index contributed by atoms with van der Waals surface area (Å²) in [6.45, 7) is 4.28. The summed E-state index contributed by atoms with van der Waals surface area (Å²) >= 11 is 0. The van der Waals surface area contributed by atoms with Crippen LogP contribution >= 0.6 is 7.82 Å². The third-order valence-corrected chi connectivity index (χ3v) is 11.8. The molecule has 10 heteroatoms. The van der Waals surface area contributed by atoms with Gasteiger partial charge in [-0.2, -0.15) is 0 Å². The highest BCUT2D eigenvalue weighted by Gasteiger charge is 2.21. The highest BCUT2D eigenvalue weighted by molar-refractivity contribution is 7.45. The summed E-state index contributed by atoms with van der Waals surface area (Å²) in [5.41, 5.74) is 0. The molecule has 0 amide bonds. The van der Waals surface area contributed by atoms with E-state index in [2.05, 4.69) is 13.8 Å². The highest BCUT2D eigenvalue weighted by Crippen LogP contribution is 2.38. The number of phosphoric acid groups is 1. The largest absolute Gasteiger partial charge is 0.756 e. The second-order valence-electron chi connectivity index (χ2n) is 17.8. The van der Waals surface area contributed by atoms with E-state index in [0.717, 1.165) is 32.1 Å². The molecule has 0 saturated heterocycles. The van der Waals surface area contributed by atoms with Crippen molar-refractivity contribution in [3.8, 4) is 0 Å². The van der Waals surface area contributed by atoms with Crippen molar-refractivity contribution >= 4 is 19.8 Å². The maximum Gasteiger partial charge on any atom is 0.306 e. The first-order valence-corrected chi connectivity index (χ1v) is 25.7. The Labute approximate surface area is 353 Å². The van der Waals surface area contributed by atoms with E-state index in [1.54, 1.807) is 0 Å². The van der Waals surface area contributed by atoms with Crippen LogP contribution in [0.2, 0.25) is 0 Å². The lowest BCUT2D eigenvalue weighted by Gasteiger charge is -2.28. The van der Waals surface area contributed by atoms with E-state index in [-0.39, 0.29) is 32.0 Å². The fraction of sp³-hybridized carbons (Fsp3) is 0.957. The molecule has 0 radical (unpaired) electrons. The van der Waals surface area contributed by atoms with Crippen LogP contribution in [0.3, 0.4) is 0 Å². The lowest BCUT2D eigenvalue weighted by molar-refractivity contribution is -0.870. The number of carbonyl (C=O) groups excluding carboxylic acids is 2. The number of quaternary nitrogens is 1. The number of phosphoric ester groups is 1. The summed E-state index contributed by atoms with van der Waals surface area (Å²) in [7, 11) is 1.18. The van der Waals surface area contributed by atoms with E-state index in [9.17, 15) is 19.0 Å². The summed E-state index contributed by atoms with van der Waals surface area (Å²) in [6, 6.07) is 0. The van der Waals surface area contributed by atoms with E-state index in [0.29, 0.717) is 17.4 Å². The van der Waals surface area contributed by atoms with Gasteiger partial charge < -0.3 is 27.9 Å². The maximum atomic E-state index is 12.7. The fourth-order valence-corrected chi connectivity index (χ4v) is 7.80. The van der Waals surface area contributed by atoms with Crippen molar-refractivity contribution in [1.82, 2.24) is 0 Å². The van der Waals surface area contributed by atoms with E-state index < -0.39 is 26.5 Å². The van der Waals surface area contributed by atoms with Gasteiger partial charge in [-0.3, -0.25) is 14.2 Å². The SMILES string of the molecule is CCCCCCCCCCCCCCCCCCCC(=O)O[C@H](COC(=O)CCCCCCCCCCCCCCCCCC)COP(=O)([O-])OCC[N+](C)(C)C. The van der Waals surface area contributed by atoms with E-state index in [4.69, 9.17) is 18.5 Å². The van der Waals surface area contributed by atoms with Crippen LogP contribution in [0.1, 0.15) is 239 Å². The quantitative estimate of drug-likeness (QED) is 0.0258. The second-order valence-corrected chi connectivity index (χ2v) is 19.3. The first-order valence-electron chi connectivity index (χ1n) is 24.2. The number of rotatable bonds is 45. The molecule has 0 heterocycles. The molecule has 1 unspecified atom stereocenters. The van der Waals surface area contributed by atoms with Crippen LogP contribution in [-0.2, 0) is 32.7 Å². The number of nitrogens with zero attached hydrogens (tertiary/aromatic N) is 1. The van der Waals surface area contributed by atoms with Gasteiger partial charge in [0.1, 0.15) is 19.8 Å². The summed E-state index contributed by atoms with van der Waals surface area (Å²) in [5, 5.41) is 0. The summed E-state index contributed by atoms with van der Waals surface area (Å²) in [4.78, 5) is 37.6. The summed E-state index contributed by atoms with van der Waals surface area (Å²) in [5.74, 6) is -0.816. The molecule has 0 saturated carbocycles. The predicted molar refractivity (Wildman–Crippen MR) is 236 cm³/mol. The molecule has 0 bridgehead atoms. The van der Waals surface area contributed by atoms with Gasteiger partial charge in [-0.05, 0) is 12.8 Å². The molecular weight excluding hydrogens is 737 g/mol. The van der Waals surface area contributed by atoms with Gasteiger partial charge in [0.25, 0.3) is 7.82 Å². The number of ether oxygens (including phenoxy) is 2. The topological polar surface area (TPSA) is 111 Å². The smallest absolute Gasteiger partial charge is 0.306 e. The van der Waals surface area contributed by atoms with E-state index >= 15 is 0 Å². The first-order chi connectivity index (χ1) is 27.5. The number of hydrogen-bond acceptors (Lipinski definition) is 8. The van der Waals surface area contributed by atoms with Crippen molar-refractivity contribution in [2.24, 2.45) is 0 Å². The number of esters is 2. The van der Waals surface area contributed by atoms with Gasteiger partial charge in [-0.25, -0.2) is 0 Å². The van der Waals surface area contributed by atoms with Crippen LogP contribution in [-0.4, -0.2) is 70.0 Å². The zero-order valence-electron chi connectivity index (χ0n) is 38.3. The van der Waals surface area contributed by atoms with Crippen molar-refractivity contribution in [3.63, 3.8) is 0 Å². The molecule has 0 rings (SSSR count). The van der Waals surface area contributed by atoms with Gasteiger partial charge in [0.15, 0.2) is 6.10 Å². The van der Waals surface area contributed by atoms with Gasteiger partial charge in [-0.15, -0.1) is 0 Å². The molecule has 2 atom stereocenters. The maximum absolute atomic E-state index is 12.7. The average molecular weight is 832 g/mol. The van der Waals surface area contributed by atoms with Crippen LogP contribution in [0.15, 0.2) is 0 Å². The molecule has 340 valence electrons. The minimum atomic E-state index is -4.62. The van der Waals surface area contributed by atoms with Gasteiger partial charge in [0, 0.05) is 12.8 Å². The van der Waals surface area contributed by atoms with Crippen molar-refractivity contribution in [3.05, 3.63) is 0 Å². The molecule has 9 nitrogen and oxygen atoms in total. The van der Waals surface area contributed by atoms with Gasteiger partial charge in [0.2, 0.25) is 0 Å². The van der Waals surface area contributed by atoms with Gasteiger partial charge in [0.05, 0.1) is 27.7 Å². The molecule has 0 fully saturated rings. The Kier molecular flexibility index (Phi) is 39.7. The number of unbranched alkanes of at least 4 members (excludes halogenated alkanes) is 31. The molecule has 0 aliphatic rings. The van der Waals surface area contributed by atoms with Crippen molar-refractivity contribution in [2.45, 2.75) is 245 Å².